The highest BCUT2D eigenvalue weighted by atomic mass is 16.5. The topological polar surface area (TPSA) is 44.1 Å². The molecule has 0 spiro atoms. The number of aryl methyl sites for hydroxylation is 1. The molecule has 0 saturated carbocycles. The van der Waals surface area contributed by atoms with E-state index in [0.717, 1.165) is 42.7 Å². The second-order valence-corrected chi connectivity index (χ2v) is 5.18. The first kappa shape index (κ1) is 13.1. The van der Waals surface area contributed by atoms with Crippen molar-refractivity contribution >= 4 is 6.29 Å². The van der Waals surface area contributed by atoms with Crippen molar-refractivity contribution in [2.45, 2.75) is 32.4 Å². The summed E-state index contributed by atoms with van der Waals surface area (Å²) >= 11 is 0. The molecular formula is C16H18N2O2. The lowest BCUT2D eigenvalue weighted by Crippen LogP contribution is -2.20. The summed E-state index contributed by atoms with van der Waals surface area (Å²) in [4.78, 5) is 10.7. The van der Waals surface area contributed by atoms with Gasteiger partial charge >= 0.3 is 0 Å². The average molecular weight is 270 g/mol. The molecule has 1 atom stereocenters. The number of carbonyl (C=O) groups excluding carboxylic acids is 1. The van der Waals surface area contributed by atoms with Crippen molar-refractivity contribution in [1.29, 1.82) is 0 Å². The van der Waals surface area contributed by atoms with Gasteiger partial charge in [0.25, 0.3) is 0 Å². The Morgan fingerprint density at radius 2 is 2.10 bits per heavy atom. The maximum absolute atomic E-state index is 10.7. The predicted molar refractivity (Wildman–Crippen MR) is 76.6 cm³/mol. The Balaban J connectivity index is 1.97. The first-order chi connectivity index (χ1) is 9.78. The molecule has 0 amide bonds. The van der Waals surface area contributed by atoms with Crippen LogP contribution in [0.25, 0.3) is 11.3 Å². The van der Waals surface area contributed by atoms with Gasteiger partial charge in [-0.05, 0) is 37.8 Å². The van der Waals surface area contributed by atoms with E-state index in [2.05, 4.69) is 11.2 Å². The molecule has 4 heteroatoms. The van der Waals surface area contributed by atoms with Gasteiger partial charge in [-0.1, -0.05) is 24.3 Å². The maximum Gasteiger partial charge on any atom is 0.150 e. The van der Waals surface area contributed by atoms with Crippen LogP contribution in [-0.2, 0) is 4.74 Å². The highest BCUT2D eigenvalue weighted by Crippen LogP contribution is 2.29. The third-order valence-corrected chi connectivity index (χ3v) is 3.63. The van der Waals surface area contributed by atoms with Crippen LogP contribution >= 0.6 is 0 Å². The Kier molecular flexibility index (Phi) is 3.65. The lowest BCUT2D eigenvalue weighted by atomic mass is 10.1. The van der Waals surface area contributed by atoms with Gasteiger partial charge < -0.3 is 4.74 Å². The number of hydrogen-bond donors (Lipinski definition) is 0. The Labute approximate surface area is 118 Å². The number of ether oxygens (including phenoxy) is 1. The summed E-state index contributed by atoms with van der Waals surface area (Å²) in [5.41, 5.74) is 3.77. The van der Waals surface area contributed by atoms with E-state index in [9.17, 15) is 4.79 Å². The molecule has 104 valence electrons. The molecule has 1 saturated heterocycles. The van der Waals surface area contributed by atoms with Crippen LogP contribution in [0.1, 0.15) is 41.5 Å². The first-order valence-corrected chi connectivity index (χ1v) is 7.01. The molecule has 20 heavy (non-hydrogen) atoms. The van der Waals surface area contributed by atoms with Gasteiger partial charge in [-0.3, -0.25) is 4.79 Å². The minimum absolute atomic E-state index is 0.0261. The van der Waals surface area contributed by atoms with Crippen LogP contribution in [0.5, 0.6) is 0 Å². The molecule has 4 nitrogen and oxygen atoms in total. The van der Waals surface area contributed by atoms with Gasteiger partial charge in [-0.15, -0.1) is 0 Å². The summed E-state index contributed by atoms with van der Waals surface area (Å²) in [5.74, 6) is 0. The molecule has 1 fully saturated rings. The summed E-state index contributed by atoms with van der Waals surface area (Å²) in [6, 6.07) is 9.64. The van der Waals surface area contributed by atoms with E-state index in [1.807, 2.05) is 35.9 Å². The van der Waals surface area contributed by atoms with E-state index in [-0.39, 0.29) is 6.23 Å². The van der Waals surface area contributed by atoms with E-state index in [1.165, 1.54) is 6.42 Å². The van der Waals surface area contributed by atoms with Crippen molar-refractivity contribution in [2.75, 3.05) is 6.61 Å². The van der Waals surface area contributed by atoms with Crippen LogP contribution in [0.4, 0.5) is 0 Å². The van der Waals surface area contributed by atoms with Crippen LogP contribution in [0.3, 0.4) is 0 Å². The van der Waals surface area contributed by atoms with Crippen molar-refractivity contribution in [3.8, 4) is 11.3 Å². The quantitative estimate of drug-likeness (QED) is 0.803. The number of rotatable bonds is 3. The van der Waals surface area contributed by atoms with Gasteiger partial charge in [0.15, 0.2) is 6.23 Å². The van der Waals surface area contributed by atoms with E-state index in [1.54, 1.807) is 0 Å². The SMILES string of the molecule is Cc1cc(-c2ccc(C=O)cc2)n(C2CCCCO2)n1. The average Bonchev–Trinajstić information content (AvgIpc) is 2.90. The third kappa shape index (κ3) is 2.51. The number of nitrogens with zero attached hydrogens (tertiary/aromatic N) is 2. The second kappa shape index (κ2) is 5.59. The van der Waals surface area contributed by atoms with Crippen molar-refractivity contribution < 1.29 is 9.53 Å². The molecule has 2 heterocycles. The summed E-state index contributed by atoms with van der Waals surface area (Å²) in [5, 5.41) is 4.58. The fourth-order valence-corrected chi connectivity index (χ4v) is 2.60. The molecule has 0 bridgehead atoms. The summed E-state index contributed by atoms with van der Waals surface area (Å²) in [6.07, 6.45) is 4.18. The molecule has 1 aliphatic heterocycles. The lowest BCUT2D eigenvalue weighted by Gasteiger charge is -2.24. The molecule has 1 aromatic carbocycles. The highest BCUT2D eigenvalue weighted by molar-refractivity contribution is 5.76. The molecule has 0 N–H and O–H groups in total. The van der Waals surface area contributed by atoms with Gasteiger partial charge in [0.2, 0.25) is 0 Å². The van der Waals surface area contributed by atoms with E-state index < -0.39 is 0 Å². The van der Waals surface area contributed by atoms with Gasteiger partial charge in [0, 0.05) is 12.2 Å². The molecule has 0 aliphatic carbocycles. The number of hydrogen-bond acceptors (Lipinski definition) is 3. The molecule has 1 unspecified atom stereocenters. The van der Waals surface area contributed by atoms with Crippen molar-refractivity contribution in [1.82, 2.24) is 9.78 Å². The summed E-state index contributed by atoms with van der Waals surface area (Å²) in [7, 11) is 0. The van der Waals surface area contributed by atoms with Crippen molar-refractivity contribution in [3.63, 3.8) is 0 Å². The van der Waals surface area contributed by atoms with Crippen LogP contribution in [0, 0.1) is 6.92 Å². The van der Waals surface area contributed by atoms with E-state index >= 15 is 0 Å². The number of aldehydes is 1. The Morgan fingerprint density at radius 1 is 1.30 bits per heavy atom. The van der Waals surface area contributed by atoms with Crippen LogP contribution < -0.4 is 0 Å². The fourth-order valence-electron chi connectivity index (χ4n) is 2.60. The fraction of sp³-hybridized carbons (Fsp3) is 0.375. The zero-order chi connectivity index (χ0) is 13.9. The van der Waals surface area contributed by atoms with E-state index in [0.29, 0.717) is 5.56 Å². The minimum atomic E-state index is 0.0261. The largest absolute Gasteiger partial charge is 0.356 e. The summed E-state index contributed by atoms with van der Waals surface area (Å²) in [6.45, 7) is 2.79. The van der Waals surface area contributed by atoms with Crippen LogP contribution in [-0.4, -0.2) is 22.7 Å². The predicted octanol–water partition coefficient (Wildman–Crippen LogP) is 3.37. The normalized spacial score (nSPS) is 18.9. The summed E-state index contributed by atoms with van der Waals surface area (Å²) < 4.78 is 7.81. The highest BCUT2D eigenvalue weighted by Gasteiger charge is 2.20. The van der Waals surface area contributed by atoms with Gasteiger partial charge in [-0.25, -0.2) is 4.68 Å². The Morgan fingerprint density at radius 3 is 2.75 bits per heavy atom. The van der Waals surface area contributed by atoms with Crippen LogP contribution in [0.15, 0.2) is 30.3 Å². The standard InChI is InChI=1S/C16H18N2O2/c1-12-10-15(14-7-5-13(11-19)6-8-14)18(17-12)16-4-2-3-9-20-16/h5-8,10-11,16H,2-4,9H2,1H3. The van der Waals surface area contributed by atoms with Gasteiger partial charge in [0.05, 0.1) is 11.4 Å². The first-order valence-electron chi connectivity index (χ1n) is 7.01. The lowest BCUT2D eigenvalue weighted by molar-refractivity contribution is -0.0385. The molecule has 1 aromatic heterocycles. The number of aromatic nitrogens is 2. The molecule has 3 rings (SSSR count). The number of benzene rings is 1. The second-order valence-electron chi connectivity index (χ2n) is 5.18. The molecule has 0 radical (unpaired) electrons. The Hall–Kier alpha value is -1.94. The smallest absolute Gasteiger partial charge is 0.150 e. The Bertz CT molecular complexity index is 595. The maximum atomic E-state index is 10.7. The monoisotopic (exact) mass is 270 g/mol. The third-order valence-electron chi connectivity index (χ3n) is 3.63. The molecule has 1 aliphatic rings. The zero-order valence-corrected chi connectivity index (χ0v) is 11.6. The van der Waals surface area contributed by atoms with Crippen LogP contribution in [0.2, 0.25) is 0 Å². The van der Waals surface area contributed by atoms with Crippen molar-refractivity contribution in [2.24, 2.45) is 0 Å². The van der Waals surface area contributed by atoms with Gasteiger partial charge in [0.1, 0.15) is 6.29 Å². The van der Waals surface area contributed by atoms with E-state index in [4.69, 9.17) is 4.74 Å². The number of carbonyl (C=O) groups is 1. The van der Waals surface area contributed by atoms with Crippen molar-refractivity contribution in [3.05, 3.63) is 41.6 Å². The molecule has 2 aromatic rings. The zero-order valence-electron chi connectivity index (χ0n) is 11.6. The molecular weight excluding hydrogens is 252 g/mol. The van der Waals surface area contributed by atoms with Gasteiger partial charge in [-0.2, -0.15) is 5.10 Å². The minimum Gasteiger partial charge on any atom is -0.356 e.